The topological polar surface area (TPSA) is 83.5 Å². The van der Waals surface area contributed by atoms with Gasteiger partial charge in [0.2, 0.25) is 0 Å². The van der Waals surface area contributed by atoms with Crippen LogP contribution in [0, 0.1) is 29.3 Å². The Morgan fingerprint density at radius 2 is 1.68 bits per heavy atom. The Kier molecular flexibility index (Phi) is 5.78. The molecule has 2 aromatic rings. The summed E-state index contributed by atoms with van der Waals surface area (Å²) in [7, 11) is -3.95. The zero-order valence-corrected chi connectivity index (χ0v) is 17.7. The standard InChI is InChI=1S/C21H19ClF3NO4S/c22-14-5-2-11(21(28)26-12-8-15(23)19(25)16(24)9-12)7-18(14)31(29,30)20-10-1-4-13(20)17(27)6-3-10/h2,5,7-10,13,17,20,27H,1,3-4,6H2,(H,26,28)/t10?,13-,17+,20?/m0/s1. The highest BCUT2D eigenvalue weighted by Gasteiger charge is 2.51. The summed E-state index contributed by atoms with van der Waals surface area (Å²) >= 11 is 6.16. The Bertz CT molecular complexity index is 1130. The molecule has 4 atom stereocenters. The van der Waals surface area contributed by atoms with E-state index >= 15 is 0 Å². The molecule has 4 rings (SSSR count). The van der Waals surface area contributed by atoms with Gasteiger partial charge in [0.15, 0.2) is 27.3 Å². The van der Waals surface area contributed by atoms with Gasteiger partial charge in [-0.1, -0.05) is 11.6 Å². The van der Waals surface area contributed by atoms with E-state index in [9.17, 15) is 31.5 Å². The molecule has 2 unspecified atom stereocenters. The van der Waals surface area contributed by atoms with Gasteiger partial charge in [0, 0.05) is 29.3 Å². The maximum atomic E-state index is 13.4. The number of hydrogen-bond acceptors (Lipinski definition) is 4. The molecule has 5 nitrogen and oxygen atoms in total. The van der Waals surface area contributed by atoms with Gasteiger partial charge >= 0.3 is 0 Å². The molecule has 166 valence electrons. The second-order valence-corrected chi connectivity index (χ2v) is 10.5. The predicted octanol–water partition coefficient (Wildman–Crippen LogP) is 4.33. The molecular weight excluding hydrogens is 455 g/mol. The van der Waals surface area contributed by atoms with E-state index in [4.69, 9.17) is 11.6 Å². The lowest BCUT2D eigenvalue weighted by Crippen LogP contribution is -2.41. The van der Waals surface area contributed by atoms with Gasteiger partial charge in [-0.25, -0.2) is 21.6 Å². The highest BCUT2D eigenvalue weighted by Crippen LogP contribution is 2.48. The number of halogens is 4. The molecule has 2 bridgehead atoms. The fourth-order valence-electron chi connectivity index (χ4n) is 4.73. The second-order valence-electron chi connectivity index (χ2n) is 8.01. The Balaban J connectivity index is 1.65. The summed E-state index contributed by atoms with van der Waals surface area (Å²) in [6.07, 6.45) is 1.76. The summed E-state index contributed by atoms with van der Waals surface area (Å²) in [6, 6.07) is 4.88. The smallest absolute Gasteiger partial charge is 0.255 e. The Morgan fingerprint density at radius 3 is 2.35 bits per heavy atom. The third-order valence-corrected chi connectivity index (χ3v) is 9.03. The zero-order chi connectivity index (χ0) is 22.5. The average molecular weight is 474 g/mol. The first-order valence-electron chi connectivity index (χ1n) is 9.77. The van der Waals surface area contributed by atoms with Gasteiger partial charge in [-0.2, -0.15) is 0 Å². The first kappa shape index (κ1) is 22.1. The van der Waals surface area contributed by atoms with E-state index in [1.807, 2.05) is 0 Å². The van der Waals surface area contributed by atoms with Crippen molar-refractivity contribution in [3.63, 3.8) is 0 Å². The van der Waals surface area contributed by atoms with Gasteiger partial charge in [0.25, 0.3) is 5.91 Å². The van der Waals surface area contributed by atoms with Gasteiger partial charge < -0.3 is 10.4 Å². The van der Waals surface area contributed by atoms with Crippen molar-refractivity contribution in [2.45, 2.75) is 41.9 Å². The van der Waals surface area contributed by atoms with Crippen molar-refractivity contribution in [1.82, 2.24) is 0 Å². The van der Waals surface area contributed by atoms with Gasteiger partial charge in [-0.05, 0) is 49.8 Å². The quantitative estimate of drug-likeness (QED) is 0.647. The van der Waals surface area contributed by atoms with Crippen LogP contribution in [0.4, 0.5) is 18.9 Å². The Hall–Kier alpha value is -2.10. The molecule has 0 heterocycles. The predicted molar refractivity (Wildman–Crippen MR) is 108 cm³/mol. The molecule has 2 saturated carbocycles. The van der Waals surface area contributed by atoms with E-state index in [0.717, 1.165) is 6.07 Å². The zero-order valence-electron chi connectivity index (χ0n) is 16.1. The van der Waals surface area contributed by atoms with Crippen LogP contribution in [0.25, 0.3) is 0 Å². The number of benzene rings is 2. The number of aliphatic hydroxyl groups excluding tert-OH is 1. The lowest BCUT2D eigenvalue weighted by atomic mass is 9.86. The summed E-state index contributed by atoms with van der Waals surface area (Å²) in [5, 5.41) is 11.6. The molecular formula is C21H19ClF3NO4S. The summed E-state index contributed by atoms with van der Waals surface area (Å²) in [5.74, 6) is -5.92. The molecule has 2 N–H and O–H groups in total. The summed E-state index contributed by atoms with van der Waals surface area (Å²) in [6.45, 7) is 0. The van der Waals surface area contributed by atoms with E-state index in [2.05, 4.69) is 5.32 Å². The molecule has 0 saturated heterocycles. The van der Waals surface area contributed by atoms with E-state index in [1.54, 1.807) is 0 Å². The largest absolute Gasteiger partial charge is 0.393 e. The normalized spacial score (nSPS) is 25.5. The summed E-state index contributed by atoms with van der Waals surface area (Å²) in [5.41, 5.74) is -0.425. The minimum Gasteiger partial charge on any atom is -0.393 e. The number of rotatable bonds is 4. The first-order chi connectivity index (χ1) is 14.6. The van der Waals surface area contributed by atoms with Crippen LogP contribution in [-0.4, -0.2) is 30.8 Å². The molecule has 0 aromatic heterocycles. The van der Waals surface area contributed by atoms with Gasteiger partial charge in [-0.15, -0.1) is 0 Å². The fourth-order valence-corrected chi connectivity index (χ4v) is 7.65. The van der Waals surface area contributed by atoms with E-state index in [1.165, 1.54) is 12.1 Å². The lowest BCUT2D eigenvalue weighted by molar-refractivity contribution is 0.0790. The van der Waals surface area contributed by atoms with Crippen LogP contribution in [0.5, 0.6) is 0 Å². The maximum absolute atomic E-state index is 13.4. The van der Waals surface area contributed by atoms with Crippen molar-refractivity contribution in [3.05, 3.63) is 58.4 Å². The molecule has 2 fully saturated rings. The minimum absolute atomic E-state index is 0.0603. The Morgan fingerprint density at radius 1 is 1.03 bits per heavy atom. The van der Waals surface area contributed by atoms with Gasteiger partial charge in [-0.3, -0.25) is 4.79 Å². The Labute approximate surface area is 182 Å². The number of hydrogen-bond donors (Lipinski definition) is 2. The second kappa shape index (κ2) is 8.11. The SMILES string of the molecule is O=C(Nc1cc(F)c(F)c(F)c1)c1ccc(Cl)c(S(=O)(=O)C2C3CC[C@@H](O)[C@@H]2CC3)c1. The average Bonchev–Trinajstić information content (AvgIpc) is 3.07. The number of anilines is 1. The van der Waals surface area contributed by atoms with Crippen LogP contribution in [0.2, 0.25) is 5.02 Å². The number of aliphatic hydroxyl groups is 1. The molecule has 31 heavy (non-hydrogen) atoms. The van der Waals surface area contributed by atoms with Crippen LogP contribution in [0.3, 0.4) is 0 Å². The lowest BCUT2D eigenvalue weighted by Gasteiger charge is -2.33. The minimum atomic E-state index is -3.95. The van der Waals surface area contributed by atoms with Crippen molar-refractivity contribution in [2.24, 2.45) is 11.8 Å². The van der Waals surface area contributed by atoms with Crippen LogP contribution in [0.15, 0.2) is 35.2 Å². The van der Waals surface area contributed by atoms with Crippen LogP contribution >= 0.6 is 11.6 Å². The van der Waals surface area contributed by atoms with Crippen LogP contribution in [0.1, 0.15) is 36.0 Å². The highest BCUT2D eigenvalue weighted by molar-refractivity contribution is 7.92. The molecule has 2 aromatic carbocycles. The molecule has 0 aliphatic heterocycles. The highest BCUT2D eigenvalue weighted by atomic mass is 35.5. The van der Waals surface area contributed by atoms with E-state index in [0.29, 0.717) is 37.8 Å². The third kappa shape index (κ3) is 3.94. The number of nitrogens with one attached hydrogen (secondary N) is 1. The van der Waals surface area contributed by atoms with Crippen molar-refractivity contribution in [2.75, 3.05) is 5.32 Å². The van der Waals surface area contributed by atoms with E-state index in [-0.39, 0.29) is 33.0 Å². The number of amides is 1. The first-order valence-corrected chi connectivity index (χ1v) is 11.7. The summed E-state index contributed by atoms with van der Waals surface area (Å²) < 4.78 is 66.7. The van der Waals surface area contributed by atoms with Crippen LogP contribution < -0.4 is 5.32 Å². The van der Waals surface area contributed by atoms with Crippen molar-refractivity contribution >= 4 is 33.0 Å². The van der Waals surface area contributed by atoms with Gasteiger partial charge in [0.05, 0.1) is 21.3 Å². The molecule has 10 heteroatoms. The number of carbonyl (C=O) groups is 1. The number of carbonyl (C=O) groups excluding carboxylic acids is 1. The number of sulfone groups is 1. The molecule has 2 aliphatic carbocycles. The molecule has 0 spiro atoms. The molecule has 0 radical (unpaired) electrons. The molecule has 2 aliphatic rings. The van der Waals surface area contributed by atoms with Gasteiger partial charge in [0.1, 0.15) is 0 Å². The monoisotopic (exact) mass is 473 g/mol. The molecule has 1 amide bonds. The fraction of sp³-hybridized carbons (Fsp3) is 0.381. The van der Waals surface area contributed by atoms with Crippen molar-refractivity contribution in [1.29, 1.82) is 0 Å². The summed E-state index contributed by atoms with van der Waals surface area (Å²) in [4.78, 5) is 12.3. The number of fused-ring (bicyclic) bond motifs is 2. The van der Waals surface area contributed by atoms with E-state index < -0.39 is 44.5 Å². The van der Waals surface area contributed by atoms with Crippen molar-refractivity contribution < 1.29 is 31.5 Å². The van der Waals surface area contributed by atoms with Crippen LogP contribution in [-0.2, 0) is 9.84 Å². The maximum Gasteiger partial charge on any atom is 0.255 e. The third-order valence-electron chi connectivity index (χ3n) is 6.18. The van der Waals surface area contributed by atoms with Crippen molar-refractivity contribution in [3.8, 4) is 0 Å².